The fourth-order valence-corrected chi connectivity index (χ4v) is 4.22. The Balaban J connectivity index is 1.72. The van der Waals surface area contributed by atoms with E-state index in [1.165, 1.54) is 12.7 Å². The minimum Gasteiger partial charge on any atom is -0.466 e. The largest absolute Gasteiger partial charge is 0.466 e. The van der Waals surface area contributed by atoms with Crippen molar-refractivity contribution in [1.29, 1.82) is 0 Å². The van der Waals surface area contributed by atoms with Crippen LogP contribution >= 0.6 is 0 Å². The summed E-state index contributed by atoms with van der Waals surface area (Å²) in [6.45, 7) is 9.39. The summed E-state index contributed by atoms with van der Waals surface area (Å²) in [5, 5.41) is 8.61. The van der Waals surface area contributed by atoms with Crippen molar-refractivity contribution in [3.05, 3.63) is 46.7 Å². The second-order valence-corrected chi connectivity index (χ2v) is 9.71. The fraction of sp³-hybridized carbons (Fsp3) is 0.560. The summed E-state index contributed by atoms with van der Waals surface area (Å²) in [7, 11) is 1.34. The van der Waals surface area contributed by atoms with Crippen LogP contribution < -0.4 is 16.0 Å². The minimum absolute atomic E-state index is 0.0209. The lowest BCUT2D eigenvalue weighted by molar-refractivity contribution is -0.136. The van der Waals surface area contributed by atoms with Crippen molar-refractivity contribution in [2.75, 3.05) is 26.7 Å². The van der Waals surface area contributed by atoms with E-state index in [0.29, 0.717) is 30.9 Å². The molecule has 1 aromatic carbocycles. The lowest BCUT2D eigenvalue weighted by Crippen LogP contribution is -2.50. The number of methoxy groups -OCH3 is 1. The van der Waals surface area contributed by atoms with Crippen molar-refractivity contribution in [2.24, 2.45) is 0 Å². The SMILES string of the molecule is CCc1ccc(C2NC(=O)NC(CN3CCC(NC(=O)OC(C)(C)C)CC3)=C2C(=O)OC)cc1. The zero-order valence-electron chi connectivity index (χ0n) is 20.7. The number of benzene rings is 1. The number of hydrogen-bond donors (Lipinski definition) is 3. The van der Waals surface area contributed by atoms with Gasteiger partial charge >= 0.3 is 18.1 Å². The first-order valence-corrected chi connectivity index (χ1v) is 11.8. The van der Waals surface area contributed by atoms with Crippen LogP contribution in [0.25, 0.3) is 0 Å². The fourth-order valence-electron chi connectivity index (χ4n) is 4.22. The second kappa shape index (κ2) is 10.9. The predicted octanol–water partition coefficient (Wildman–Crippen LogP) is 3.02. The molecule has 9 nitrogen and oxygen atoms in total. The molecule has 2 aliphatic rings. The van der Waals surface area contributed by atoms with Gasteiger partial charge < -0.3 is 25.4 Å². The number of nitrogens with one attached hydrogen (secondary N) is 3. The number of nitrogens with zero attached hydrogens (tertiary/aromatic N) is 1. The Bertz CT molecular complexity index is 928. The number of urea groups is 1. The third-order valence-corrected chi connectivity index (χ3v) is 5.97. The molecule has 0 bridgehead atoms. The van der Waals surface area contributed by atoms with Gasteiger partial charge in [0.15, 0.2) is 0 Å². The molecule has 9 heteroatoms. The second-order valence-electron chi connectivity index (χ2n) is 9.71. The van der Waals surface area contributed by atoms with Gasteiger partial charge in [-0.05, 0) is 51.2 Å². The molecule has 0 aliphatic carbocycles. The van der Waals surface area contributed by atoms with E-state index >= 15 is 0 Å². The molecular weight excluding hydrogens is 436 g/mol. The molecule has 1 fully saturated rings. The molecule has 186 valence electrons. The standard InChI is InChI=1S/C25H36N4O5/c1-6-16-7-9-17(10-8-16)21-20(22(30)33-5)19(27-23(31)28-21)15-29-13-11-18(12-14-29)26-24(32)34-25(2,3)4/h7-10,18,21H,6,11-15H2,1-5H3,(H,26,32)(H2,27,28,31). The highest BCUT2D eigenvalue weighted by atomic mass is 16.6. The van der Waals surface area contributed by atoms with Crippen molar-refractivity contribution >= 4 is 18.1 Å². The molecule has 0 aromatic heterocycles. The zero-order chi connectivity index (χ0) is 24.9. The molecule has 3 amide bonds. The van der Waals surface area contributed by atoms with E-state index in [4.69, 9.17) is 9.47 Å². The highest BCUT2D eigenvalue weighted by molar-refractivity contribution is 5.95. The molecule has 1 unspecified atom stereocenters. The van der Waals surface area contributed by atoms with Crippen LogP contribution in [0.5, 0.6) is 0 Å². The number of aryl methyl sites for hydroxylation is 1. The average molecular weight is 473 g/mol. The lowest BCUT2D eigenvalue weighted by Gasteiger charge is -2.35. The van der Waals surface area contributed by atoms with Crippen molar-refractivity contribution in [3.8, 4) is 0 Å². The van der Waals surface area contributed by atoms with Crippen molar-refractivity contribution < 1.29 is 23.9 Å². The summed E-state index contributed by atoms with van der Waals surface area (Å²) >= 11 is 0. The normalized spacial score (nSPS) is 19.8. The number of hydrogen-bond acceptors (Lipinski definition) is 6. The molecule has 0 radical (unpaired) electrons. The molecule has 3 rings (SSSR count). The zero-order valence-corrected chi connectivity index (χ0v) is 20.7. The highest BCUT2D eigenvalue weighted by Gasteiger charge is 2.34. The molecule has 1 atom stereocenters. The third kappa shape index (κ3) is 6.72. The molecule has 34 heavy (non-hydrogen) atoms. The van der Waals surface area contributed by atoms with Gasteiger partial charge in [0.1, 0.15) is 5.60 Å². The molecule has 0 spiro atoms. The van der Waals surface area contributed by atoms with E-state index < -0.39 is 23.7 Å². The summed E-state index contributed by atoms with van der Waals surface area (Å²) in [5.74, 6) is -0.478. The van der Waals surface area contributed by atoms with Crippen molar-refractivity contribution in [3.63, 3.8) is 0 Å². The number of carbonyl (C=O) groups is 3. The quantitative estimate of drug-likeness (QED) is 0.549. The summed E-state index contributed by atoms with van der Waals surface area (Å²) in [6, 6.07) is 6.95. The minimum atomic E-state index is -0.589. The number of carbonyl (C=O) groups excluding carboxylic acids is 3. The van der Waals surface area contributed by atoms with E-state index in [1.807, 2.05) is 45.0 Å². The van der Waals surface area contributed by atoms with Crippen LogP contribution in [0, 0.1) is 0 Å². The maximum absolute atomic E-state index is 12.8. The van der Waals surface area contributed by atoms with Crippen LogP contribution in [-0.2, 0) is 20.7 Å². The molecule has 1 saturated heterocycles. The topological polar surface area (TPSA) is 109 Å². The van der Waals surface area contributed by atoms with Gasteiger partial charge in [0.2, 0.25) is 0 Å². The van der Waals surface area contributed by atoms with Gasteiger partial charge in [0.05, 0.1) is 18.7 Å². The number of amides is 3. The van der Waals surface area contributed by atoms with Crippen LogP contribution in [-0.4, -0.2) is 61.4 Å². The Labute approximate surface area is 201 Å². The van der Waals surface area contributed by atoms with Gasteiger partial charge in [0, 0.05) is 31.4 Å². The molecular formula is C25H36N4O5. The summed E-state index contributed by atoms with van der Waals surface area (Å²) in [4.78, 5) is 39.5. The van der Waals surface area contributed by atoms with Gasteiger partial charge in [-0.3, -0.25) is 4.90 Å². The molecule has 2 aliphatic heterocycles. The molecule has 3 N–H and O–H groups in total. The molecule has 1 aromatic rings. The molecule has 2 heterocycles. The Morgan fingerprint density at radius 1 is 1.15 bits per heavy atom. The first-order valence-electron chi connectivity index (χ1n) is 11.8. The van der Waals surface area contributed by atoms with E-state index in [0.717, 1.165) is 24.8 Å². The van der Waals surface area contributed by atoms with Crippen LogP contribution in [0.2, 0.25) is 0 Å². The van der Waals surface area contributed by atoms with Crippen molar-refractivity contribution in [2.45, 2.75) is 64.6 Å². The summed E-state index contributed by atoms with van der Waals surface area (Å²) < 4.78 is 10.4. The number of alkyl carbamates (subject to hydrolysis) is 1. The maximum Gasteiger partial charge on any atom is 0.407 e. The Hall–Kier alpha value is -3.07. The van der Waals surface area contributed by atoms with E-state index in [9.17, 15) is 14.4 Å². The van der Waals surface area contributed by atoms with Gasteiger partial charge in [-0.1, -0.05) is 31.2 Å². The number of piperidine rings is 1. The van der Waals surface area contributed by atoms with E-state index in [1.54, 1.807) is 0 Å². The smallest absolute Gasteiger partial charge is 0.407 e. The Kier molecular flexibility index (Phi) is 8.19. The Morgan fingerprint density at radius 2 is 1.79 bits per heavy atom. The molecule has 0 saturated carbocycles. The van der Waals surface area contributed by atoms with Gasteiger partial charge in [-0.15, -0.1) is 0 Å². The lowest BCUT2D eigenvalue weighted by atomic mass is 9.93. The summed E-state index contributed by atoms with van der Waals surface area (Å²) in [6.07, 6.45) is 1.98. The first-order chi connectivity index (χ1) is 16.1. The number of likely N-dealkylation sites (tertiary alicyclic amines) is 1. The van der Waals surface area contributed by atoms with Crippen LogP contribution in [0.15, 0.2) is 35.5 Å². The van der Waals surface area contributed by atoms with Gasteiger partial charge in [-0.2, -0.15) is 0 Å². The van der Waals surface area contributed by atoms with Crippen LogP contribution in [0.3, 0.4) is 0 Å². The van der Waals surface area contributed by atoms with Crippen LogP contribution in [0.4, 0.5) is 9.59 Å². The number of esters is 1. The Morgan fingerprint density at radius 3 is 2.35 bits per heavy atom. The highest BCUT2D eigenvalue weighted by Crippen LogP contribution is 2.29. The maximum atomic E-state index is 12.8. The van der Waals surface area contributed by atoms with E-state index in [-0.39, 0.29) is 12.1 Å². The summed E-state index contributed by atoms with van der Waals surface area (Å²) in [5.41, 5.74) is 2.40. The first kappa shape index (κ1) is 25.6. The van der Waals surface area contributed by atoms with Crippen molar-refractivity contribution in [1.82, 2.24) is 20.9 Å². The average Bonchev–Trinajstić information content (AvgIpc) is 2.78. The monoisotopic (exact) mass is 472 g/mol. The third-order valence-electron chi connectivity index (χ3n) is 5.97. The van der Waals surface area contributed by atoms with Crippen LogP contribution in [0.1, 0.15) is 57.7 Å². The van der Waals surface area contributed by atoms with E-state index in [2.05, 4.69) is 27.8 Å². The predicted molar refractivity (Wildman–Crippen MR) is 128 cm³/mol. The number of rotatable bonds is 6. The van der Waals surface area contributed by atoms with Gasteiger partial charge in [-0.25, -0.2) is 14.4 Å². The number of ether oxygens (including phenoxy) is 2. The van der Waals surface area contributed by atoms with Gasteiger partial charge in [0.25, 0.3) is 0 Å².